The lowest BCUT2D eigenvalue weighted by Gasteiger charge is -2.34. The first kappa shape index (κ1) is 19.5. The van der Waals surface area contributed by atoms with Crippen molar-refractivity contribution in [2.75, 3.05) is 23.3 Å². The average Bonchev–Trinajstić information content (AvgIpc) is 2.67. The Morgan fingerprint density at radius 3 is 2.93 bits per heavy atom. The molecular weight excluding hydrogens is 378 g/mol. The highest BCUT2D eigenvalue weighted by Gasteiger charge is 2.21. The molecule has 3 rings (SSSR count). The lowest BCUT2D eigenvalue weighted by molar-refractivity contribution is 0.480. The van der Waals surface area contributed by atoms with Crippen molar-refractivity contribution < 1.29 is 0 Å². The second kappa shape index (κ2) is 9.61. The number of nitrogens with zero attached hydrogens (tertiary/aromatic N) is 5. The summed E-state index contributed by atoms with van der Waals surface area (Å²) in [5, 5.41) is 7.99. The lowest BCUT2D eigenvalue weighted by Crippen LogP contribution is -2.38. The van der Waals surface area contributed by atoms with Crippen molar-refractivity contribution >= 4 is 40.9 Å². The zero-order chi connectivity index (χ0) is 19.1. The lowest BCUT2D eigenvalue weighted by atomic mass is 10.0. The molecule has 2 N–H and O–H groups in total. The smallest absolute Gasteiger partial charge is 0.232 e. The van der Waals surface area contributed by atoms with Crippen LogP contribution in [-0.4, -0.2) is 44.2 Å². The highest BCUT2D eigenvalue weighted by Crippen LogP contribution is 2.29. The molecule has 1 aliphatic rings. The van der Waals surface area contributed by atoms with Crippen LogP contribution < -0.4 is 15.5 Å². The second-order valence-corrected chi connectivity index (χ2v) is 7.58. The van der Waals surface area contributed by atoms with Gasteiger partial charge >= 0.3 is 0 Å². The molecule has 3 heterocycles. The molecule has 0 spiro atoms. The van der Waals surface area contributed by atoms with E-state index in [2.05, 4.69) is 44.0 Å². The van der Waals surface area contributed by atoms with Crippen LogP contribution in [0, 0.1) is 0 Å². The molecule has 7 nitrogen and oxygen atoms in total. The van der Waals surface area contributed by atoms with Gasteiger partial charge in [0.25, 0.3) is 0 Å². The van der Waals surface area contributed by atoms with E-state index in [0.29, 0.717) is 28.8 Å². The van der Waals surface area contributed by atoms with Crippen LogP contribution in [-0.2, 0) is 0 Å². The van der Waals surface area contributed by atoms with Crippen LogP contribution in [0.4, 0.5) is 11.8 Å². The van der Waals surface area contributed by atoms with Crippen molar-refractivity contribution in [1.82, 2.24) is 25.3 Å². The molecule has 1 aliphatic heterocycles. The molecular formula is C18H23N7S2. The molecule has 0 radical (unpaired) electrons. The van der Waals surface area contributed by atoms with E-state index in [1.165, 1.54) is 24.6 Å². The van der Waals surface area contributed by atoms with Gasteiger partial charge in [0.2, 0.25) is 5.95 Å². The molecule has 27 heavy (non-hydrogen) atoms. The summed E-state index contributed by atoms with van der Waals surface area (Å²) >= 11 is 6.71. The zero-order valence-corrected chi connectivity index (χ0v) is 16.9. The monoisotopic (exact) mass is 401 g/mol. The van der Waals surface area contributed by atoms with Crippen molar-refractivity contribution in [3.8, 4) is 0 Å². The number of thiocarbonyl (C=S) groups is 1. The Balaban J connectivity index is 1.86. The number of aromatic nitrogens is 4. The quantitative estimate of drug-likeness (QED) is 0.328. The number of piperidine rings is 1. The van der Waals surface area contributed by atoms with Gasteiger partial charge in [0, 0.05) is 37.6 Å². The predicted octanol–water partition coefficient (Wildman–Crippen LogP) is 3.27. The Labute approximate surface area is 169 Å². The number of hydrogen-bond acceptors (Lipinski definition) is 7. The normalized spacial score (nSPS) is 16.6. The van der Waals surface area contributed by atoms with Gasteiger partial charge in [-0.2, -0.15) is 4.98 Å². The van der Waals surface area contributed by atoms with E-state index < -0.39 is 0 Å². The van der Waals surface area contributed by atoms with Gasteiger partial charge in [0.15, 0.2) is 10.3 Å². The molecule has 1 unspecified atom stereocenters. The van der Waals surface area contributed by atoms with E-state index >= 15 is 0 Å². The minimum atomic E-state index is 0.443. The minimum absolute atomic E-state index is 0.443. The summed E-state index contributed by atoms with van der Waals surface area (Å²) in [7, 11) is 0. The van der Waals surface area contributed by atoms with Crippen LogP contribution in [0.3, 0.4) is 0 Å². The SMILES string of the molecule is C=CCNC(=S)Nc1nc(Sc2ncccn2)cc(N2CCCCC2C)n1. The molecule has 2 aromatic heterocycles. The summed E-state index contributed by atoms with van der Waals surface area (Å²) in [6, 6.07) is 4.23. The van der Waals surface area contributed by atoms with Gasteiger partial charge in [-0.1, -0.05) is 6.08 Å². The molecule has 0 amide bonds. The highest BCUT2D eigenvalue weighted by atomic mass is 32.2. The maximum atomic E-state index is 5.30. The van der Waals surface area contributed by atoms with Crippen LogP contribution in [0.25, 0.3) is 0 Å². The van der Waals surface area contributed by atoms with Crippen molar-refractivity contribution in [2.45, 2.75) is 42.4 Å². The maximum absolute atomic E-state index is 5.30. The van der Waals surface area contributed by atoms with E-state index in [-0.39, 0.29) is 0 Å². The molecule has 2 aromatic rings. The molecule has 0 saturated carbocycles. The first-order chi connectivity index (χ1) is 13.2. The minimum Gasteiger partial charge on any atom is -0.359 e. The van der Waals surface area contributed by atoms with Crippen LogP contribution in [0.5, 0.6) is 0 Å². The fraction of sp³-hybridized carbons (Fsp3) is 0.389. The number of hydrogen-bond donors (Lipinski definition) is 2. The maximum Gasteiger partial charge on any atom is 0.232 e. The van der Waals surface area contributed by atoms with Crippen LogP contribution in [0.2, 0.25) is 0 Å². The molecule has 1 fully saturated rings. The third kappa shape index (κ3) is 5.61. The molecule has 1 atom stereocenters. The van der Waals surface area contributed by atoms with E-state index in [1.54, 1.807) is 24.5 Å². The number of anilines is 2. The summed E-state index contributed by atoms with van der Waals surface area (Å²) < 4.78 is 0. The third-order valence-electron chi connectivity index (χ3n) is 4.16. The third-order valence-corrected chi connectivity index (χ3v) is 5.21. The Hall–Kier alpha value is -2.26. The molecule has 142 valence electrons. The van der Waals surface area contributed by atoms with E-state index in [1.807, 2.05) is 6.07 Å². The van der Waals surface area contributed by atoms with Gasteiger partial charge in [0.05, 0.1) is 0 Å². The zero-order valence-electron chi connectivity index (χ0n) is 15.3. The van der Waals surface area contributed by atoms with Crippen molar-refractivity contribution in [3.63, 3.8) is 0 Å². The highest BCUT2D eigenvalue weighted by molar-refractivity contribution is 7.99. The Bertz CT molecular complexity index is 785. The van der Waals surface area contributed by atoms with Gasteiger partial charge in [-0.05, 0) is 56.2 Å². The number of nitrogens with one attached hydrogen (secondary N) is 2. The van der Waals surface area contributed by atoms with Gasteiger partial charge < -0.3 is 15.5 Å². The van der Waals surface area contributed by atoms with Crippen LogP contribution >= 0.6 is 24.0 Å². The summed E-state index contributed by atoms with van der Waals surface area (Å²) in [5.74, 6) is 1.36. The molecule has 0 aliphatic carbocycles. The standard InChI is InChI=1S/C18H23N7S2/c1-3-8-19-17(26)24-16-22-14(25-11-5-4-7-13(25)2)12-15(23-16)27-18-20-9-6-10-21-18/h3,6,9-10,12-13H,1,4-5,7-8,11H2,2H3,(H2,19,22,23,24,26). The second-order valence-electron chi connectivity index (χ2n) is 6.18. The van der Waals surface area contributed by atoms with Crippen LogP contribution in [0.1, 0.15) is 26.2 Å². The molecule has 1 saturated heterocycles. The van der Waals surface area contributed by atoms with Crippen molar-refractivity contribution in [3.05, 3.63) is 37.2 Å². The summed E-state index contributed by atoms with van der Waals surface area (Å²) in [5.41, 5.74) is 0. The summed E-state index contributed by atoms with van der Waals surface area (Å²) in [6.45, 7) is 7.48. The van der Waals surface area contributed by atoms with Crippen molar-refractivity contribution in [2.24, 2.45) is 0 Å². The molecule has 0 bridgehead atoms. The Morgan fingerprint density at radius 2 is 2.19 bits per heavy atom. The largest absolute Gasteiger partial charge is 0.359 e. The first-order valence-corrected chi connectivity index (χ1v) is 10.1. The van der Waals surface area contributed by atoms with E-state index in [0.717, 1.165) is 23.8 Å². The fourth-order valence-electron chi connectivity index (χ4n) is 2.85. The number of rotatable bonds is 6. The Kier molecular flexibility index (Phi) is 6.94. The summed E-state index contributed by atoms with van der Waals surface area (Å²) in [6.07, 6.45) is 8.77. The van der Waals surface area contributed by atoms with Crippen LogP contribution in [0.15, 0.2) is 47.4 Å². The van der Waals surface area contributed by atoms with E-state index in [9.17, 15) is 0 Å². The van der Waals surface area contributed by atoms with Gasteiger partial charge in [-0.25, -0.2) is 15.0 Å². The van der Waals surface area contributed by atoms with Crippen molar-refractivity contribution in [1.29, 1.82) is 0 Å². The summed E-state index contributed by atoms with van der Waals surface area (Å²) in [4.78, 5) is 20.1. The average molecular weight is 402 g/mol. The fourth-order valence-corrected chi connectivity index (χ4v) is 3.73. The molecule has 9 heteroatoms. The predicted molar refractivity (Wildman–Crippen MR) is 113 cm³/mol. The van der Waals surface area contributed by atoms with Gasteiger partial charge in [-0.3, -0.25) is 0 Å². The Morgan fingerprint density at radius 1 is 1.37 bits per heavy atom. The topological polar surface area (TPSA) is 78.9 Å². The first-order valence-electron chi connectivity index (χ1n) is 8.92. The van der Waals surface area contributed by atoms with Gasteiger partial charge in [0.1, 0.15) is 10.8 Å². The van der Waals surface area contributed by atoms with Gasteiger partial charge in [-0.15, -0.1) is 6.58 Å². The molecule has 0 aromatic carbocycles. The van der Waals surface area contributed by atoms with E-state index in [4.69, 9.17) is 17.2 Å².